The van der Waals surface area contributed by atoms with Gasteiger partial charge in [-0.25, -0.2) is 4.79 Å². The van der Waals surface area contributed by atoms with Gasteiger partial charge in [-0.05, 0) is 42.2 Å². The quantitative estimate of drug-likeness (QED) is 0.0808. The minimum atomic E-state index is -1.40. The summed E-state index contributed by atoms with van der Waals surface area (Å²) in [6.45, 7) is -2.56. The van der Waals surface area contributed by atoms with Crippen LogP contribution in [0.2, 0.25) is 0 Å². The normalized spacial score (nSPS) is 11.8. The first kappa shape index (κ1) is 40.9. The lowest BCUT2D eigenvalue weighted by Gasteiger charge is -2.34. The van der Waals surface area contributed by atoms with E-state index in [1.54, 1.807) is 0 Å². The van der Waals surface area contributed by atoms with Gasteiger partial charge in [0.25, 0.3) is 0 Å². The maximum atomic E-state index is 12.2. The van der Waals surface area contributed by atoms with Crippen molar-refractivity contribution in [3.05, 3.63) is 59.2 Å². The van der Waals surface area contributed by atoms with Gasteiger partial charge in [0, 0.05) is 19.6 Å². The lowest BCUT2D eigenvalue weighted by molar-refractivity contribution is -0.144. The fourth-order valence-corrected chi connectivity index (χ4v) is 4.97. The summed E-state index contributed by atoms with van der Waals surface area (Å²) in [5.74, 6) is -8.08. The Hall–Kier alpha value is -5.26. The molecular weight excluding hydrogens is 662 g/mol. The van der Waals surface area contributed by atoms with Crippen molar-refractivity contribution in [2.75, 3.05) is 59.0 Å². The van der Waals surface area contributed by atoms with E-state index in [2.05, 4.69) is 6.92 Å². The largest absolute Gasteiger partial charge is 0.491 e. The van der Waals surface area contributed by atoms with Gasteiger partial charge < -0.3 is 40.1 Å². The van der Waals surface area contributed by atoms with E-state index < -0.39 is 81.2 Å². The van der Waals surface area contributed by atoms with Crippen molar-refractivity contribution in [3.63, 3.8) is 0 Å². The fraction of sp³-hybridized carbons (Fsp3) is 0.455. The molecule has 0 spiro atoms. The van der Waals surface area contributed by atoms with Crippen molar-refractivity contribution in [2.24, 2.45) is 0 Å². The summed E-state index contributed by atoms with van der Waals surface area (Å²) in [7, 11) is 0. The Balaban J connectivity index is 2.30. The zero-order valence-electron chi connectivity index (χ0n) is 27.6. The van der Waals surface area contributed by atoms with E-state index >= 15 is 0 Å². The number of hydrogen-bond donors (Lipinski definition) is 6. The Morgan fingerprint density at radius 1 is 0.660 bits per heavy atom. The van der Waals surface area contributed by atoms with E-state index in [9.17, 15) is 49.2 Å². The molecule has 1 atom stereocenters. The summed E-state index contributed by atoms with van der Waals surface area (Å²) in [4.78, 5) is 72.9. The smallest absolute Gasteiger partial charge is 0.339 e. The summed E-state index contributed by atoms with van der Waals surface area (Å²) >= 11 is 0. The predicted molar refractivity (Wildman–Crippen MR) is 175 cm³/mol. The first-order valence-corrected chi connectivity index (χ1v) is 15.6. The van der Waals surface area contributed by atoms with Crippen molar-refractivity contribution in [1.82, 2.24) is 14.7 Å². The van der Waals surface area contributed by atoms with Crippen LogP contribution in [0.25, 0.3) is 0 Å². The van der Waals surface area contributed by atoms with Crippen LogP contribution in [0.5, 0.6) is 11.5 Å². The van der Waals surface area contributed by atoms with Gasteiger partial charge >= 0.3 is 35.8 Å². The van der Waals surface area contributed by atoms with E-state index in [-0.39, 0.29) is 43.3 Å². The van der Waals surface area contributed by atoms with Crippen molar-refractivity contribution < 1.29 is 68.9 Å². The molecule has 17 heteroatoms. The molecule has 0 radical (unpaired) electrons. The molecule has 274 valence electrons. The summed E-state index contributed by atoms with van der Waals surface area (Å²) in [5, 5.41) is 56.7. The molecule has 0 saturated carbocycles. The molecule has 50 heavy (non-hydrogen) atoms. The second kappa shape index (κ2) is 21.0. The van der Waals surface area contributed by atoms with Crippen LogP contribution in [0.1, 0.15) is 41.3 Å². The number of unbranched alkanes of at least 4 members (excludes halogenated alkanes) is 1. The van der Waals surface area contributed by atoms with Gasteiger partial charge in [0.15, 0.2) is 0 Å². The highest BCUT2D eigenvalue weighted by Gasteiger charge is 2.28. The molecule has 0 aliphatic carbocycles. The second-order valence-corrected chi connectivity index (χ2v) is 11.5. The number of rotatable bonds is 26. The molecule has 1 unspecified atom stereocenters. The van der Waals surface area contributed by atoms with Crippen LogP contribution in [0.4, 0.5) is 0 Å². The van der Waals surface area contributed by atoms with Gasteiger partial charge in [-0.15, -0.1) is 0 Å². The van der Waals surface area contributed by atoms with Gasteiger partial charge in [0.2, 0.25) is 0 Å². The number of carboxylic acids is 6. The summed E-state index contributed by atoms with van der Waals surface area (Å²) in [6.07, 6.45) is 3.11. The monoisotopic (exact) mass is 705 g/mol. The van der Waals surface area contributed by atoms with Crippen LogP contribution < -0.4 is 9.47 Å². The molecule has 0 bridgehead atoms. The van der Waals surface area contributed by atoms with Crippen LogP contribution in [0.15, 0.2) is 42.5 Å². The Kier molecular flexibility index (Phi) is 17.2. The van der Waals surface area contributed by atoms with Crippen molar-refractivity contribution in [1.29, 1.82) is 0 Å². The lowest BCUT2D eigenvalue weighted by atomic mass is 10.1. The number of aromatic carboxylic acids is 1. The highest BCUT2D eigenvalue weighted by molar-refractivity contribution is 5.91. The number of benzene rings is 2. The minimum absolute atomic E-state index is 0.153. The molecule has 2 aromatic rings. The Morgan fingerprint density at radius 3 is 1.70 bits per heavy atom. The molecule has 0 aromatic heterocycles. The zero-order chi connectivity index (χ0) is 37.2. The summed E-state index contributed by atoms with van der Waals surface area (Å²) < 4.78 is 11.6. The molecule has 0 saturated heterocycles. The van der Waals surface area contributed by atoms with Crippen LogP contribution in [-0.4, -0.2) is 146 Å². The number of carbonyl (C=O) groups is 6. The maximum absolute atomic E-state index is 12.2. The van der Waals surface area contributed by atoms with Crippen LogP contribution in [-0.2, 0) is 37.0 Å². The topological polar surface area (TPSA) is 252 Å². The third-order valence-corrected chi connectivity index (χ3v) is 7.33. The van der Waals surface area contributed by atoms with Crippen LogP contribution in [0.3, 0.4) is 0 Å². The Bertz CT molecular complexity index is 1430. The van der Waals surface area contributed by atoms with Gasteiger partial charge in [-0.2, -0.15) is 0 Å². The summed E-state index contributed by atoms with van der Waals surface area (Å²) in [6, 6.07) is 10.7. The molecule has 0 amide bonds. The molecule has 0 aliphatic heterocycles. The molecule has 2 aromatic carbocycles. The Morgan fingerprint density at radius 2 is 1.18 bits per heavy atom. The van der Waals surface area contributed by atoms with Crippen LogP contribution in [0, 0.1) is 0 Å². The Labute approximate surface area is 287 Å². The molecule has 6 N–H and O–H groups in total. The molecule has 0 fully saturated rings. The number of aliphatic carboxylic acids is 5. The van der Waals surface area contributed by atoms with E-state index in [0.717, 1.165) is 34.6 Å². The second-order valence-electron chi connectivity index (χ2n) is 11.5. The highest BCUT2D eigenvalue weighted by atomic mass is 16.5. The molecule has 17 nitrogen and oxygen atoms in total. The first-order valence-electron chi connectivity index (χ1n) is 15.6. The third-order valence-electron chi connectivity index (χ3n) is 7.33. The third kappa shape index (κ3) is 15.8. The van der Waals surface area contributed by atoms with E-state index in [1.807, 2.05) is 24.3 Å². The zero-order valence-corrected chi connectivity index (χ0v) is 27.6. The van der Waals surface area contributed by atoms with E-state index in [0.29, 0.717) is 0 Å². The minimum Gasteiger partial charge on any atom is -0.491 e. The summed E-state index contributed by atoms with van der Waals surface area (Å²) in [5.41, 5.74) is 1.75. The van der Waals surface area contributed by atoms with Gasteiger partial charge in [0.1, 0.15) is 30.3 Å². The van der Waals surface area contributed by atoms with Crippen LogP contribution >= 0.6 is 0 Å². The van der Waals surface area contributed by atoms with E-state index in [1.165, 1.54) is 28.7 Å². The van der Waals surface area contributed by atoms with Crippen molar-refractivity contribution in [3.8, 4) is 11.5 Å². The number of carboxylic acid groups (broad SMARTS) is 6. The maximum Gasteiger partial charge on any atom is 0.339 e. The number of aryl methyl sites for hydroxylation is 1. The molecule has 0 heterocycles. The number of hydrogen-bond acceptors (Lipinski definition) is 11. The molecule has 2 rings (SSSR count). The molecule has 0 aliphatic rings. The van der Waals surface area contributed by atoms with Crippen molar-refractivity contribution in [2.45, 2.75) is 38.8 Å². The van der Waals surface area contributed by atoms with Gasteiger partial charge in [-0.1, -0.05) is 37.6 Å². The fourth-order valence-electron chi connectivity index (χ4n) is 4.97. The standard InChI is InChI=1S/C33H43N3O14/c1-2-3-4-22-5-7-23(8-6-22)20-49-25-9-10-27(26(13-25)33(47)48)50-21-24(36(18-31(43)44)19-32(45)46)14-34(15-28(37)38)11-12-35(16-29(39)40)17-30(41)42/h5-10,13,24H,2-4,11-12,14-21H2,1H3,(H,37,38)(H,39,40)(H,41,42)(H,43,44)(H,45,46)(H,47,48). The first-order chi connectivity index (χ1) is 23.7. The highest BCUT2D eigenvalue weighted by Crippen LogP contribution is 2.26. The van der Waals surface area contributed by atoms with Crippen molar-refractivity contribution >= 4 is 35.8 Å². The average molecular weight is 706 g/mol. The average Bonchev–Trinajstić information content (AvgIpc) is 3.02. The number of nitrogens with zero attached hydrogens (tertiary/aromatic N) is 3. The predicted octanol–water partition coefficient (Wildman–Crippen LogP) is 1.38. The van der Waals surface area contributed by atoms with Gasteiger partial charge in [0.05, 0.1) is 38.8 Å². The number of ether oxygens (including phenoxy) is 2. The van der Waals surface area contributed by atoms with E-state index in [4.69, 9.17) is 19.7 Å². The van der Waals surface area contributed by atoms with Gasteiger partial charge in [-0.3, -0.25) is 38.7 Å². The SMILES string of the molecule is CCCCc1ccc(COc2ccc(OCC(CN(CCN(CC(=O)O)CC(=O)O)CC(=O)O)N(CC(=O)O)CC(=O)O)c(C(=O)O)c2)cc1. The molecular formula is C33H43N3O14. The lowest BCUT2D eigenvalue weighted by Crippen LogP contribution is -2.52.